The van der Waals surface area contributed by atoms with Crippen LogP contribution in [0.5, 0.6) is 11.5 Å². The van der Waals surface area contributed by atoms with Crippen LogP contribution in [0, 0.1) is 5.92 Å². The second-order valence-corrected chi connectivity index (χ2v) is 9.94. The Morgan fingerprint density at radius 3 is 2.81 bits per heavy atom. The molecule has 1 saturated carbocycles. The molecule has 0 aromatic heterocycles. The number of halogens is 1. The average Bonchev–Trinajstić information content (AvgIpc) is 3.43. The van der Waals surface area contributed by atoms with Gasteiger partial charge in [-0.3, -0.25) is 4.79 Å². The zero-order valence-corrected chi connectivity index (χ0v) is 21.1. The van der Waals surface area contributed by atoms with Gasteiger partial charge in [0.2, 0.25) is 0 Å². The van der Waals surface area contributed by atoms with Gasteiger partial charge in [0, 0.05) is 31.2 Å². The van der Waals surface area contributed by atoms with Crippen LogP contribution in [0.1, 0.15) is 67.8 Å². The molecule has 8 nitrogen and oxygen atoms in total. The van der Waals surface area contributed by atoms with E-state index >= 15 is 0 Å². The molecule has 4 unspecified atom stereocenters. The van der Waals surface area contributed by atoms with E-state index in [4.69, 9.17) is 25.9 Å². The fourth-order valence-electron chi connectivity index (χ4n) is 4.73. The van der Waals surface area contributed by atoms with Gasteiger partial charge in [-0.25, -0.2) is 4.79 Å². The summed E-state index contributed by atoms with van der Waals surface area (Å²) in [6.07, 6.45) is 12.4. The van der Waals surface area contributed by atoms with Crippen LogP contribution in [0.4, 0.5) is 0 Å². The molecule has 0 amide bonds. The second-order valence-electron chi connectivity index (χ2n) is 9.56. The summed E-state index contributed by atoms with van der Waals surface area (Å²) in [6, 6.07) is 1.03. The minimum atomic E-state index is -0.743. The number of epoxide rings is 1. The number of benzene rings is 1. The molecule has 4 rings (SSSR count). The number of carbonyl (C=O) groups excluding carboxylic acids is 2. The number of phenolic OH excluding ortho intramolecular Hbond substituents is 2. The normalized spacial score (nSPS) is 27.3. The second kappa shape index (κ2) is 11.9. The molecule has 0 bridgehead atoms. The van der Waals surface area contributed by atoms with Crippen LogP contribution in [0.3, 0.4) is 0 Å². The number of hydrogen-bond donors (Lipinski definition) is 2. The summed E-state index contributed by atoms with van der Waals surface area (Å²) >= 11 is 6.36. The van der Waals surface area contributed by atoms with E-state index in [0.29, 0.717) is 30.9 Å². The fraction of sp³-hybridized carbons (Fsp3) is 0.519. The molecule has 2 fully saturated rings. The summed E-state index contributed by atoms with van der Waals surface area (Å²) in [5.41, 5.74) is 0.512. The van der Waals surface area contributed by atoms with Crippen molar-refractivity contribution < 1.29 is 34.1 Å². The van der Waals surface area contributed by atoms with Crippen molar-refractivity contribution >= 4 is 29.1 Å². The zero-order valence-electron chi connectivity index (χ0n) is 20.3. The van der Waals surface area contributed by atoms with Crippen molar-refractivity contribution in [3.63, 3.8) is 0 Å². The van der Waals surface area contributed by atoms with Gasteiger partial charge >= 0.3 is 5.97 Å². The molecule has 2 aliphatic heterocycles. The van der Waals surface area contributed by atoms with Crippen LogP contribution in [-0.2, 0) is 25.5 Å². The van der Waals surface area contributed by atoms with Crippen molar-refractivity contribution in [2.24, 2.45) is 11.1 Å². The molecule has 3 aliphatic rings. The standard InChI is InChI=1S/C27H32ClNO7/c1-16-13-24-23(36-24)11-3-2-9-18(29-34-12-5-4-7-17-8-6-10-20(17)30)14-19-25(27(33)35-16)21(31)15-22(32)26(19)28/h2-3,9,11,15-17,23-24,31-32H,4-8,10,12-14H2,1H3. The number of aromatic hydroxyl groups is 2. The Morgan fingerprint density at radius 1 is 1.19 bits per heavy atom. The number of Topliss-reactive ketones (excluding diaryl/α,β-unsaturated/α-hetero) is 1. The highest BCUT2D eigenvalue weighted by Crippen LogP contribution is 2.38. The molecule has 0 radical (unpaired) electrons. The monoisotopic (exact) mass is 517 g/mol. The summed E-state index contributed by atoms with van der Waals surface area (Å²) in [4.78, 5) is 30.3. The maximum absolute atomic E-state index is 13.0. The van der Waals surface area contributed by atoms with Crippen LogP contribution in [0.25, 0.3) is 0 Å². The van der Waals surface area contributed by atoms with Crippen LogP contribution in [-0.4, -0.2) is 52.6 Å². The number of esters is 1. The Hall–Kier alpha value is -2.84. The van der Waals surface area contributed by atoms with Crippen LogP contribution < -0.4 is 0 Å². The molecule has 1 aliphatic carbocycles. The van der Waals surface area contributed by atoms with Gasteiger partial charge in [0.05, 0.1) is 16.8 Å². The summed E-state index contributed by atoms with van der Waals surface area (Å²) in [5.74, 6) is -0.974. The fourth-order valence-corrected chi connectivity index (χ4v) is 4.95. The lowest BCUT2D eigenvalue weighted by Crippen LogP contribution is -2.20. The number of phenols is 2. The SMILES string of the molecule is CC1CC2OC2C=CC=CC(=NOCCCCC2CCCC2=O)Cc2c(Cl)c(O)cc(O)c2C(=O)O1. The molecule has 2 heterocycles. The summed E-state index contributed by atoms with van der Waals surface area (Å²) in [6.45, 7) is 2.13. The lowest BCUT2D eigenvalue weighted by molar-refractivity contribution is -0.120. The van der Waals surface area contributed by atoms with Gasteiger partial charge in [0.25, 0.3) is 0 Å². The number of unbranched alkanes of at least 4 members (excludes halogenated alkanes) is 1. The highest BCUT2D eigenvalue weighted by Gasteiger charge is 2.38. The molecule has 36 heavy (non-hydrogen) atoms. The maximum atomic E-state index is 13.0. The van der Waals surface area contributed by atoms with E-state index in [0.717, 1.165) is 38.2 Å². The molecule has 1 aromatic rings. The maximum Gasteiger partial charge on any atom is 0.342 e. The van der Waals surface area contributed by atoms with Gasteiger partial charge in [0.15, 0.2) is 0 Å². The average molecular weight is 518 g/mol. The number of oxime groups is 1. The topological polar surface area (TPSA) is 118 Å². The van der Waals surface area contributed by atoms with Crippen LogP contribution in [0.15, 0.2) is 35.5 Å². The number of nitrogens with zero attached hydrogens (tertiary/aromatic N) is 1. The Morgan fingerprint density at radius 2 is 2.03 bits per heavy atom. The number of allylic oxidation sites excluding steroid dienone is 3. The third kappa shape index (κ3) is 6.68. The lowest BCUT2D eigenvalue weighted by Gasteiger charge is -2.17. The number of fused-ring (bicyclic) bond motifs is 2. The number of hydrogen-bond acceptors (Lipinski definition) is 8. The van der Waals surface area contributed by atoms with Gasteiger partial charge in [-0.05, 0) is 50.7 Å². The van der Waals surface area contributed by atoms with E-state index in [1.165, 1.54) is 0 Å². The molecule has 2 N–H and O–H groups in total. The van der Waals surface area contributed by atoms with Crippen LogP contribution in [0.2, 0.25) is 5.02 Å². The highest BCUT2D eigenvalue weighted by atomic mass is 35.5. The molecule has 0 spiro atoms. The van der Waals surface area contributed by atoms with E-state index in [1.54, 1.807) is 19.1 Å². The van der Waals surface area contributed by atoms with E-state index in [1.807, 2.05) is 12.2 Å². The van der Waals surface area contributed by atoms with Crippen molar-refractivity contribution in [3.05, 3.63) is 46.5 Å². The largest absolute Gasteiger partial charge is 0.507 e. The third-order valence-corrected chi connectivity index (χ3v) is 7.15. The number of cyclic esters (lactones) is 1. The molecular formula is C27H32ClNO7. The van der Waals surface area contributed by atoms with Crippen molar-refractivity contribution in [2.45, 2.75) is 76.6 Å². The first-order valence-electron chi connectivity index (χ1n) is 12.5. The summed E-state index contributed by atoms with van der Waals surface area (Å²) < 4.78 is 11.2. The van der Waals surface area contributed by atoms with Crippen molar-refractivity contribution in [2.75, 3.05) is 6.61 Å². The van der Waals surface area contributed by atoms with Gasteiger partial charge in [0.1, 0.15) is 41.7 Å². The molecular weight excluding hydrogens is 486 g/mol. The van der Waals surface area contributed by atoms with Gasteiger partial charge in [-0.2, -0.15) is 0 Å². The van der Waals surface area contributed by atoms with Crippen LogP contribution >= 0.6 is 11.6 Å². The van der Waals surface area contributed by atoms with E-state index < -0.39 is 17.8 Å². The zero-order chi connectivity index (χ0) is 25.7. The van der Waals surface area contributed by atoms with E-state index in [-0.39, 0.29) is 46.4 Å². The Kier molecular flexibility index (Phi) is 8.69. The summed E-state index contributed by atoms with van der Waals surface area (Å²) in [7, 11) is 0. The lowest BCUT2D eigenvalue weighted by atomic mass is 9.99. The predicted octanol–water partition coefficient (Wildman–Crippen LogP) is 5.03. The van der Waals surface area contributed by atoms with E-state index in [9.17, 15) is 19.8 Å². The predicted molar refractivity (Wildman–Crippen MR) is 135 cm³/mol. The quantitative estimate of drug-likeness (QED) is 0.235. The Labute approximate surface area is 215 Å². The van der Waals surface area contributed by atoms with Gasteiger partial charge in [-0.15, -0.1) is 0 Å². The van der Waals surface area contributed by atoms with Crippen molar-refractivity contribution in [1.29, 1.82) is 0 Å². The molecule has 1 aromatic carbocycles. The molecule has 9 heteroatoms. The van der Waals surface area contributed by atoms with Gasteiger partial charge < -0.3 is 24.5 Å². The first-order chi connectivity index (χ1) is 17.3. The first-order valence-corrected chi connectivity index (χ1v) is 12.9. The molecule has 1 saturated heterocycles. The van der Waals surface area contributed by atoms with E-state index in [2.05, 4.69) is 5.16 Å². The minimum Gasteiger partial charge on any atom is -0.507 e. The number of rotatable bonds is 6. The smallest absolute Gasteiger partial charge is 0.342 e. The Bertz CT molecular complexity index is 1080. The Balaban J connectivity index is 1.50. The molecule has 194 valence electrons. The number of ketones is 1. The first kappa shape index (κ1) is 26.2. The molecule has 4 atom stereocenters. The number of ether oxygens (including phenoxy) is 2. The van der Waals surface area contributed by atoms with Gasteiger partial charge in [-0.1, -0.05) is 35.0 Å². The van der Waals surface area contributed by atoms with Crippen molar-refractivity contribution in [3.8, 4) is 11.5 Å². The summed E-state index contributed by atoms with van der Waals surface area (Å²) in [5, 5.41) is 24.8. The highest BCUT2D eigenvalue weighted by molar-refractivity contribution is 6.33. The number of carbonyl (C=O) groups is 2. The minimum absolute atomic E-state index is 0.0169. The van der Waals surface area contributed by atoms with Crippen molar-refractivity contribution in [1.82, 2.24) is 0 Å². The third-order valence-electron chi connectivity index (χ3n) is 6.73.